The van der Waals surface area contributed by atoms with Crippen LogP contribution in [0.15, 0.2) is 0 Å². The minimum absolute atomic E-state index is 0.0560. The molecule has 2 unspecified atom stereocenters. The Morgan fingerprint density at radius 3 is 2.65 bits per heavy atom. The van der Waals surface area contributed by atoms with Gasteiger partial charge in [0.25, 0.3) is 0 Å². The summed E-state index contributed by atoms with van der Waals surface area (Å²) in [6.07, 6.45) is 0.919. The predicted molar refractivity (Wildman–Crippen MR) is 69.8 cm³/mol. The van der Waals surface area contributed by atoms with Crippen LogP contribution < -0.4 is 11.1 Å². The number of nitrogens with two attached hydrogens (primary N) is 1. The van der Waals surface area contributed by atoms with E-state index in [4.69, 9.17) is 10.5 Å². The molecule has 0 fully saturated rings. The quantitative estimate of drug-likeness (QED) is 0.602. The highest BCUT2D eigenvalue weighted by Crippen LogP contribution is 2.04. The molecular weight excluding hydrogens is 218 g/mol. The summed E-state index contributed by atoms with van der Waals surface area (Å²) in [7, 11) is 3.68. The van der Waals surface area contributed by atoms with E-state index in [0.29, 0.717) is 13.2 Å². The van der Waals surface area contributed by atoms with Gasteiger partial charge in [-0.2, -0.15) is 0 Å². The number of nitrogens with one attached hydrogen (secondary N) is 1. The lowest BCUT2D eigenvalue weighted by Crippen LogP contribution is -2.46. The van der Waals surface area contributed by atoms with Crippen molar-refractivity contribution in [1.29, 1.82) is 0 Å². The van der Waals surface area contributed by atoms with Crippen molar-refractivity contribution in [2.24, 2.45) is 11.7 Å². The van der Waals surface area contributed by atoms with Crippen molar-refractivity contribution >= 4 is 5.91 Å². The normalized spacial score (nSPS) is 14.7. The predicted octanol–water partition coefficient (Wildman–Crippen LogP) is 0.0542. The summed E-state index contributed by atoms with van der Waals surface area (Å²) in [6, 6.07) is -0.399. The standard InChI is InChI=1S/C12H27N3O2/c1-5-10(2)11(13)12(16)14-6-7-15(3)8-9-17-4/h10-11H,5-9,13H2,1-4H3,(H,14,16). The van der Waals surface area contributed by atoms with Crippen LogP contribution in [0, 0.1) is 5.92 Å². The molecule has 0 aliphatic carbocycles. The number of likely N-dealkylation sites (N-methyl/N-ethyl adjacent to an activating group) is 1. The lowest BCUT2D eigenvalue weighted by molar-refractivity contribution is -0.123. The molecule has 1 amide bonds. The van der Waals surface area contributed by atoms with Gasteiger partial charge in [-0.1, -0.05) is 20.3 Å². The fraction of sp³-hybridized carbons (Fsp3) is 0.917. The third-order valence-electron chi connectivity index (χ3n) is 3.03. The van der Waals surface area contributed by atoms with Crippen LogP contribution in [0.25, 0.3) is 0 Å². The maximum absolute atomic E-state index is 11.7. The monoisotopic (exact) mass is 245 g/mol. The Morgan fingerprint density at radius 2 is 2.12 bits per heavy atom. The Morgan fingerprint density at radius 1 is 1.47 bits per heavy atom. The number of hydrogen-bond donors (Lipinski definition) is 2. The van der Waals surface area contributed by atoms with Crippen LogP contribution in [-0.4, -0.2) is 57.2 Å². The zero-order valence-corrected chi connectivity index (χ0v) is 11.5. The van der Waals surface area contributed by atoms with Gasteiger partial charge in [0.05, 0.1) is 12.6 Å². The van der Waals surface area contributed by atoms with Crippen molar-refractivity contribution in [2.75, 3.05) is 40.4 Å². The minimum atomic E-state index is -0.399. The first-order valence-corrected chi connectivity index (χ1v) is 6.23. The van der Waals surface area contributed by atoms with Crippen LogP contribution in [0.5, 0.6) is 0 Å². The van der Waals surface area contributed by atoms with E-state index in [2.05, 4.69) is 10.2 Å². The lowest BCUT2D eigenvalue weighted by Gasteiger charge is -2.20. The molecule has 0 bridgehead atoms. The molecule has 0 aliphatic rings. The smallest absolute Gasteiger partial charge is 0.237 e. The summed E-state index contributed by atoms with van der Waals surface area (Å²) in [5, 5.41) is 2.86. The number of carbonyl (C=O) groups excluding carboxylic acids is 1. The van der Waals surface area contributed by atoms with Gasteiger partial charge in [-0.15, -0.1) is 0 Å². The average molecular weight is 245 g/mol. The molecule has 0 aliphatic heterocycles. The van der Waals surface area contributed by atoms with Gasteiger partial charge in [-0.25, -0.2) is 0 Å². The molecule has 0 aromatic carbocycles. The van der Waals surface area contributed by atoms with Crippen molar-refractivity contribution in [3.05, 3.63) is 0 Å². The average Bonchev–Trinajstić information content (AvgIpc) is 2.34. The Labute approximate surface area is 105 Å². The van der Waals surface area contributed by atoms with Crippen molar-refractivity contribution in [3.8, 4) is 0 Å². The zero-order valence-electron chi connectivity index (χ0n) is 11.5. The van der Waals surface area contributed by atoms with Crippen LogP contribution >= 0.6 is 0 Å². The summed E-state index contributed by atoms with van der Waals surface area (Å²) in [5.41, 5.74) is 5.82. The molecule has 0 rings (SSSR count). The van der Waals surface area contributed by atoms with Crippen molar-refractivity contribution < 1.29 is 9.53 Å². The number of amides is 1. The van der Waals surface area contributed by atoms with Crippen molar-refractivity contribution in [3.63, 3.8) is 0 Å². The van der Waals surface area contributed by atoms with Gasteiger partial charge in [0.2, 0.25) is 5.91 Å². The first-order valence-electron chi connectivity index (χ1n) is 6.23. The number of rotatable bonds is 9. The van der Waals surface area contributed by atoms with E-state index in [1.165, 1.54) is 0 Å². The van der Waals surface area contributed by atoms with Gasteiger partial charge in [0, 0.05) is 26.7 Å². The topological polar surface area (TPSA) is 67.6 Å². The molecule has 17 heavy (non-hydrogen) atoms. The highest BCUT2D eigenvalue weighted by molar-refractivity contribution is 5.81. The van der Waals surface area contributed by atoms with Crippen LogP contribution in [0.4, 0.5) is 0 Å². The minimum Gasteiger partial charge on any atom is -0.383 e. The number of carbonyl (C=O) groups is 1. The largest absolute Gasteiger partial charge is 0.383 e. The first kappa shape index (κ1) is 16.4. The first-order chi connectivity index (χ1) is 8.02. The number of hydrogen-bond acceptors (Lipinski definition) is 4. The molecule has 3 N–H and O–H groups in total. The number of methoxy groups -OCH3 is 1. The second-order valence-corrected chi connectivity index (χ2v) is 4.50. The molecule has 0 saturated heterocycles. The molecule has 5 heteroatoms. The molecule has 0 aromatic rings. The number of ether oxygens (including phenoxy) is 1. The van der Waals surface area contributed by atoms with Crippen LogP contribution in [0.1, 0.15) is 20.3 Å². The zero-order chi connectivity index (χ0) is 13.3. The van der Waals surface area contributed by atoms with Gasteiger partial charge < -0.3 is 20.7 Å². The van der Waals surface area contributed by atoms with Gasteiger partial charge in [0.15, 0.2) is 0 Å². The summed E-state index contributed by atoms with van der Waals surface area (Å²) in [5.74, 6) is 0.167. The summed E-state index contributed by atoms with van der Waals surface area (Å²) < 4.78 is 4.98. The maximum Gasteiger partial charge on any atom is 0.237 e. The molecule has 0 radical (unpaired) electrons. The Kier molecular flexibility index (Phi) is 9.03. The lowest BCUT2D eigenvalue weighted by atomic mass is 9.99. The highest BCUT2D eigenvalue weighted by atomic mass is 16.5. The van der Waals surface area contributed by atoms with Gasteiger partial charge in [0.1, 0.15) is 0 Å². The second-order valence-electron chi connectivity index (χ2n) is 4.50. The van der Waals surface area contributed by atoms with E-state index < -0.39 is 6.04 Å². The molecule has 102 valence electrons. The van der Waals surface area contributed by atoms with Crippen molar-refractivity contribution in [2.45, 2.75) is 26.3 Å². The van der Waals surface area contributed by atoms with E-state index in [-0.39, 0.29) is 11.8 Å². The Bertz CT molecular complexity index is 212. The Hall–Kier alpha value is -0.650. The van der Waals surface area contributed by atoms with Crippen LogP contribution in [0.3, 0.4) is 0 Å². The van der Waals surface area contributed by atoms with Gasteiger partial charge in [-0.3, -0.25) is 4.79 Å². The summed E-state index contributed by atoms with van der Waals surface area (Å²) >= 11 is 0. The van der Waals surface area contributed by atoms with E-state index in [1.807, 2.05) is 20.9 Å². The molecule has 0 saturated carbocycles. The molecule has 0 heterocycles. The molecule has 0 spiro atoms. The Balaban J connectivity index is 3.70. The van der Waals surface area contributed by atoms with Crippen LogP contribution in [0.2, 0.25) is 0 Å². The van der Waals surface area contributed by atoms with Gasteiger partial charge >= 0.3 is 0 Å². The third kappa shape index (κ3) is 7.31. The van der Waals surface area contributed by atoms with E-state index in [9.17, 15) is 4.79 Å². The van der Waals surface area contributed by atoms with Gasteiger partial charge in [-0.05, 0) is 13.0 Å². The van der Waals surface area contributed by atoms with E-state index >= 15 is 0 Å². The van der Waals surface area contributed by atoms with Crippen molar-refractivity contribution in [1.82, 2.24) is 10.2 Å². The SMILES string of the molecule is CCC(C)C(N)C(=O)NCCN(C)CCOC. The molecule has 5 nitrogen and oxygen atoms in total. The molecule has 2 atom stereocenters. The summed E-state index contributed by atoms with van der Waals surface area (Å²) in [4.78, 5) is 13.8. The van der Waals surface area contributed by atoms with E-state index in [1.54, 1.807) is 7.11 Å². The second kappa shape index (κ2) is 9.39. The highest BCUT2D eigenvalue weighted by Gasteiger charge is 2.18. The van der Waals surface area contributed by atoms with E-state index in [0.717, 1.165) is 19.5 Å². The number of nitrogens with zero attached hydrogens (tertiary/aromatic N) is 1. The fourth-order valence-electron chi connectivity index (χ4n) is 1.36. The summed E-state index contributed by atoms with van der Waals surface area (Å²) in [6.45, 7) is 7.04. The molecular formula is C12H27N3O2. The molecule has 0 aromatic heterocycles. The fourth-order valence-corrected chi connectivity index (χ4v) is 1.36. The maximum atomic E-state index is 11.7. The van der Waals surface area contributed by atoms with Crippen LogP contribution in [-0.2, 0) is 9.53 Å². The third-order valence-corrected chi connectivity index (χ3v) is 3.03.